The van der Waals surface area contributed by atoms with Crippen LogP contribution >= 0.6 is 11.6 Å². The maximum absolute atomic E-state index is 12.3. The molecule has 94 valence electrons. The second kappa shape index (κ2) is 4.37. The van der Waals surface area contributed by atoms with Crippen LogP contribution in [-0.2, 0) is 0 Å². The number of aromatic nitrogens is 3. The van der Waals surface area contributed by atoms with E-state index in [0.717, 1.165) is 4.68 Å². The molecule has 1 aromatic heterocycles. The van der Waals surface area contributed by atoms with Crippen LogP contribution < -0.4 is 5.56 Å². The van der Waals surface area contributed by atoms with E-state index in [4.69, 9.17) is 11.6 Å². The third-order valence-electron chi connectivity index (χ3n) is 2.73. The molecule has 3 rings (SSSR count). The van der Waals surface area contributed by atoms with E-state index in [-0.39, 0.29) is 17.0 Å². The van der Waals surface area contributed by atoms with Crippen molar-refractivity contribution in [2.24, 2.45) is 0 Å². The number of para-hydroxylation sites is 2. The first kappa shape index (κ1) is 11.7. The van der Waals surface area contributed by atoms with Crippen LogP contribution in [-0.4, -0.2) is 20.1 Å². The molecule has 0 radical (unpaired) electrons. The Morgan fingerprint density at radius 1 is 1.16 bits per heavy atom. The summed E-state index contributed by atoms with van der Waals surface area (Å²) in [5.41, 5.74) is 0.351. The number of halogens is 1. The highest BCUT2D eigenvalue weighted by Crippen LogP contribution is 2.19. The lowest BCUT2D eigenvalue weighted by atomic mass is 10.2. The fourth-order valence-electron chi connectivity index (χ4n) is 1.82. The van der Waals surface area contributed by atoms with Gasteiger partial charge in [0, 0.05) is 5.02 Å². The van der Waals surface area contributed by atoms with Crippen molar-refractivity contribution in [2.45, 2.75) is 0 Å². The average Bonchev–Trinajstić information content (AvgIpc) is 2.40. The molecule has 0 saturated carbocycles. The summed E-state index contributed by atoms with van der Waals surface area (Å²) >= 11 is 5.84. The molecule has 1 heterocycles. The van der Waals surface area contributed by atoms with Gasteiger partial charge in [-0.15, -0.1) is 5.10 Å². The SMILES string of the molecule is O=c1c2ccc(Cl)cc2nnn1-c1ccccc1O. The lowest BCUT2D eigenvalue weighted by molar-refractivity contribution is 0.468. The van der Waals surface area contributed by atoms with Crippen molar-refractivity contribution in [1.29, 1.82) is 0 Å². The number of fused-ring (bicyclic) bond motifs is 1. The largest absolute Gasteiger partial charge is 0.506 e. The number of rotatable bonds is 1. The van der Waals surface area contributed by atoms with Crippen molar-refractivity contribution in [2.75, 3.05) is 0 Å². The molecular formula is C13H8ClN3O2. The maximum atomic E-state index is 12.3. The molecular weight excluding hydrogens is 266 g/mol. The Kier molecular flexibility index (Phi) is 2.68. The van der Waals surface area contributed by atoms with E-state index in [1.807, 2.05) is 0 Å². The molecule has 0 atom stereocenters. The molecule has 0 fully saturated rings. The Hall–Kier alpha value is -2.40. The minimum absolute atomic E-state index is 0.0350. The predicted molar refractivity (Wildman–Crippen MR) is 71.8 cm³/mol. The Balaban J connectivity index is 2.33. The fraction of sp³-hybridized carbons (Fsp3) is 0. The van der Waals surface area contributed by atoms with Crippen LogP contribution in [0.15, 0.2) is 47.3 Å². The Morgan fingerprint density at radius 2 is 1.95 bits per heavy atom. The average molecular weight is 274 g/mol. The minimum atomic E-state index is -0.358. The van der Waals surface area contributed by atoms with Crippen molar-refractivity contribution in [3.8, 4) is 11.4 Å². The summed E-state index contributed by atoms with van der Waals surface area (Å²) in [7, 11) is 0. The van der Waals surface area contributed by atoms with Gasteiger partial charge in [0.05, 0.1) is 5.39 Å². The monoisotopic (exact) mass is 273 g/mol. The molecule has 0 aliphatic carbocycles. The highest BCUT2D eigenvalue weighted by molar-refractivity contribution is 6.31. The van der Waals surface area contributed by atoms with E-state index in [2.05, 4.69) is 10.3 Å². The van der Waals surface area contributed by atoms with Crippen molar-refractivity contribution >= 4 is 22.5 Å². The van der Waals surface area contributed by atoms with Crippen LogP contribution in [0.25, 0.3) is 16.6 Å². The van der Waals surface area contributed by atoms with Gasteiger partial charge in [0.15, 0.2) is 0 Å². The normalized spacial score (nSPS) is 10.8. The second-order valence-electron chi connectivity index (χ2n) is 3.96. The number of hydrogen-bond donors (Lipinski definition) is 1. The zero-order valence-corrected chi connectivity index (χ0v) is 10.4. The third-order valence-corrected chi connectivity index (χ3v) is 2.97. The molecule has 0 spiro atoms. The molecule has 6 heteroatoms. The van der Waals surface area contributed by atoms with Gasteiger partial charge in [0.2, 0.25) is 0 Å². The highest BCUT2D eigenvalue weighted by atomic mass is 35.5. The molecule has 0 saturated heterocycles. The van der Waals surface area contributed by atoms with Crippen molar-refractivity contribution in [1.82, 2.24) is 15.0 Å². The van der Waals surface area contributed by atoms with Crippen LogP contribution in [0.1, 0.15) is 0 Å². The summed E-state index contributed by atoms with van der Waals surface area (Å²) < 4.78 is 1.06. The smallest absolute Gasteiger partial charge is 0.282 e. The standard InChI is InChI=1S/C13H8ClN3O2/c14-8-5-6-9-10(7-8)15-16-17(13(9)19)11-3-1-2-4-12(11)18/h1-7,18H. The number of aromatic hydroxyl groups is 1. The number of phenols is 1. The van der Waals surface area contributed by atoms with E-state index in [0.29, 0.717) is 15.9 Å². The molecule has 19 heavy (non-hydrogen) atoms. The zero-order valence-electron chi connectivity index (χ0n) is 9.62. The summed E-state index contributed by atoms with van der Waals surface area (Å²) in [6, 6.07) is 11.2. The molecule has 3 aromatic rings. The zero-order chi connectivity index (χ0) is 13.4. The van der Waals surface area contributed by atoms with Gasteiger partial charge in [-0.25, -0.2) is 0 Å². The lowest BCUT2D eigenvalue weighted by Crippen LogP contribution is -2.22. The third kappa shape index (κ3) is 1.94. The Morgan fingerprint density at radius 3 is 2.74 bits per heavy atom. The van der Waals surface area contributed by atoms with E-state index in [1.165, 1.54) is 6.07 Å². The fourth-order valence-corrected chi connectivity index (χ4v) is 1.98. The summed E-state index contributed by atoms with van der Waals surface area (Å²) in [6.45, 7) is 0. The Labute approximate surface area is 112 Å². The van der Waals surface area contributed by atoms with Crippen molar-refractivity contribution in [3.63, 3.8) is 0 Å². The van der Waals surface area contributed by atoms with Gasteiger partial charge < -0.3 is 5.11 Å². The molecule has 0 unspecified atom stereocenters. The van der Waals surface area contributed by atoms with Crippen LogP contribution in [0.2, 0.25) is 5.02 Å². The summed E-state index contributed by atoms with van der Waals surface area (Å²) in [6.07, 6.45) is 0. The van der Waals surface area contributed by atoms with Crippen LogP contribution in [0.3, 0.4) is 0 Å². The van der Waals surface area contributed by atoms with Crippen LogP contribution in [0.4, 0.5) is 0 Å². The van der Waals surface area contributed by atoms with E-state index in [9.17, 15) is 9.90 Å². The van der Waals surface area contributed by atoms with Crippen LogP contribution in [0, 0.1) is 0 Å². The number of hydrogen-bond acceptors (Lipinski definition) is 4. The quantitative estimate of drug-likeness (QED) is 0.737. The number of nitrogens with zero attached hydrogens (tertiary/aromatic N) is 3. The summed E-state index contributed by atoms with van der Waals surface area (Å²) in [5.74, 6) is -0.0350. The molecule has 0 aliphatic heterocycles. The van der Waals surface area contributed by atoms with Gasteiger partial charge in [0.1, 0.15) is 17.0 Å². The topological polar surface area (TPSA) is 68.0 Å². The van der Waals surface area contributed by atoms with E-state index < -0.39 is 0 Å². The molecule has 2 aromatic carbocycles. The first-order valence-corrected chi connectivity index (χ1v) is 5.88. The van der Waals surface area contributed by atoms with Crippen molar-refractivity contribution < 1.29 is 5.11 Å². The van der Waals surface area contributed by atoms with Gasteiger partial charge in [-0.05, 0) is 30.3 Å². The Bertz CT molecular complexity index is 829. The van der Waals surface area contributed by atoms with Crippen LogP contribution in [0.5, 0.6) is 5.75 Å². The molecule has 0 aliphatic rings. The molecule has 5 nitrogen and oxygen atoms in total. The number of benzene rings is 2. The van der Waals surface area contributed by atoms with Gasteiger partial charge >= 0.3 is 0 Å². The lowest BCUT2D eigenvalue weighted by Gasteiger charge is -2.06. The second-order valence-corrected chi connectivity index (χ2v) is 4.39. The first-order chi connectivity index (χ1) is 9.16. The van der Waals surface area contributed by atoms with E-state index in [1.54, 1.807) is 36.4 Å². The van der Waals surface area contributed by atoms with E-state index >= 15 is 0 Å². The first-order valence-electron chi connectivity index (χ1n) is 5.50. The summed E-state index contributed by atoms with van der Waals surface area (Å²) in [5, 5.41) is 18.4. The number of phenolic OH excluding ortho intramolecular Hbond substituents is 1. The molecule has 0 bridgehead atoms. The van der Waals surface area contributed by atoms with Crippen molar-refractivity contribution in [3.05, 3.63) is 57.8 Å². The van der Waals surface area contributed by atoms with Gasteiger partial charge in [-0.1, -0.05) is 28.9 Å². The van der Waals surface area contributed by atoms with Gasteiger partial charge in [0.25, 0.3) is 5.56 Å². The van der Waals surface area contributed by atoms with Gasteiger partial charge in [-0.3, -0.25) is 4.79 Å². The summed E-state index contributed by atoms with van der Waals surface area (Å²) in [4.78, 5) is 12.3. The minimum Gasteiger partial charge on any atom is -0.506 e. The molecule has 0 amide bonds. The predicted octanol–water partition coefficient (Wildman–Crippen LogP) is 2.14. The molecule has 1 N–H and O–H groups in total. The maximum Gasteiger partial charge on any atom is 0.282 e. The highest BCUT2D eigenvalue weighted by Gasteiger charge is 2.10. The van der Waals surface area contributed by atoms with Gasteiger partial charge in [-0.2, -0.15) is 4.68 Å².